The monoisotopic (exact) mass is 181 g/mol. The van der Waals surface area contributed by atoms with Crippen molar-refractivity contribution in [1.29, 1.82) is 0 Å². The molecule has 0 atom stereocenters. The molecule has 0 unspecified atom stereocenters. The molecule has 0 bridgehead atoms. The van der Waals surface area contributed by atoms with E-state index in [1.807, 2.05) is 0 Å². The molecule has 0 aromatic carbocycles. The Morgan fingerprint density at radius 3 is 3.00 bits per heavy atom. The number of pyridine rings is 1. The number of thiol groups is 1. The first-order valence-corrected chi connectivity index (χ1v) is 4.09. The van der Waals surface area contributed by atoms with Crippen LogP contribution in [-0.2, 0) is 0 Å². The van der Waals surface area contributed by atoms with Crippen LogP contribution in [-0.4, -0.2) is 10.7 Å². The van der Waals surface area contributed by atoms with Gasteiger partial charge in [-0.2, -0.15) is 12.6 Å². The highest BCUT2D eigenvalue weighted by Gasteiger charge is 1.96. The molecule has 1 aromatic rings. The number of aromatic nitrogens is 1. The number of hydrogen-bond donors (Lipinski definition) is 1. The van der Waals surface area contributed by atoms with Crippen molar-refractivity contribution < 1.29 is 4.39 Å². The van der Waals surface area contributed by atoms with E-state index in [-0.39, 0.29) is 5.82 Å². The van der Waals surface area contributed by atoms with Crippen LogP contribution in [0.4, 0.5) is 4.39 Å². The fourth-order valence-corrected chi connectivity index (χ4v) is 0.874. The second-order valence-electron chi connectivity index (χ2n) is 2.28. The Morgan fingerprint density at radius 2 is 2.42 bits per heavy atom. The second kappa shape index (κ2) is 4.13. The van der Waals surface area contributed by atoms with Crippen LogP contribution in [0.15, 0.2) is 12.3 Å². The summed E-state index contributed by atoms with van der Waals surface area (Å²) in [6.07, 6.45) is 1.16. The highest BCUT2D eigenvalue weighted by atomic mass is 32.1. The zero-order valence-corrected chi connectivity index (χ0v) is 7.53. The average molecular weight is 181 g/mol. The summed E-state index contributed by atoms with van der Waals surface area (Å²) in [4.78, 5) is 3.83. The average Bonchev–Trinajstić information content (AvgIpc) is 2.03. The standard InChI is InChI=1S/C9H8FNS/c1-7-5-8(10)6-11-9(7)3-2-4-12/h5-6,12H,4H2,1H3. The third-order valence-electron chi connectivity index (χ3n) is 1.33. The summed E-state index contributed by atoms with van der Waals surface area (Å²) in [7, 11) is 0. The molecule has 0 saturated carbocycles. The molecule has 3 heteroatoms. The minimum atomic E-state index is -0.330. The minimum absolute atomic E-state index is 0.330. The Labute approximate surface area is 76.4 Å². The van der Waals surface area contributed by atoms with E-state index in [0.29, 0.717) is 11.4 Å². The van der Waals surface area contributed by atoms with Crippen molar-refractivity contribution in [2.24, 2.45) is 0 Å². The molecule has 62 valence electrons. The zero-order chi connectivity index (χ0) is 8.97. The van der Waals surface area contributed by atoms with E-state index in [9.17, 15) is 4.39 Å². The lowest BCUT2D eigenvalue weighted by atomic mass is 10.2. The van der Waals surface area contributed by atoms with E-state index in [1.54, 1.807) is 6.92 Å². The first kappa shape index (κ1) is 9.08. The van der Waals surface area contributed by atoms with Crippen molar-refractivity contribution in [3.63, 3.8) is 0 Å². The Kier molecular flexibility index (Phi) is 3.12. The summed E-state index contributed by atoms with van der Waals surface area (Å²) in [5, 5.41) is 0. The van der Waals surface area contributed by atoms with Crippen LogP contribution in [0.1, 0.15) is 11.3 Å². The largest absolute Gasteiger partial charge is 0.244 e. The molecule has 12 heavy (non-hydrogen) atoms. The van der Waals surface area contributed by atoms with E-state index < -0.39 is 0 Å². The summed E-state index contributed by atoms with van der Waals surface area (Å²) >= 11 is 3.93. The summed E-state index contributed by atoms with van der Waals surface area (Å²) in [6.45, 7) is 1.78. The van der Waals surface area contributed by atoms with Crippen LogP contribution in [0.25, 0.3) is 0 Å². The summed E-state index contributed by atoms with van der Waals surface area (Å²) in [6, 6.07) is 1.41. The van der Waals surface area contributed by atoms with Crippen molar-refractivity contribution >= 4 is 12.6 Å². The molecule has 0 fully saturated rings. The van der Waals surface area contributed by atoms with E-state index in [4.69, 9.17) is 0 Å². The Bertz CT molecular complexity index is 338. The first-order chi connectivity index (χ1) is 5.74. The van der Waals surface area contributed by atoms with Crippen molar-refractivity contribution in [1.82, 2.24) is 4.98 Å². The maximum Gasteiger partial charge on any atom is 0.141 e. The molecule has 0 radical (unpaired) electrons. The van der Waals surface area contributed by atoms with E-state index in [1.165, 1.54) is 6.07 Å². The van der Waals surface area contributed by atoms with Gasteiger partial charge in [0.2, 0.25) is 0 Å². The molecule has 0 aliphatic carbocycles. The van der Waals surface area contributed by atoms with Gasteiger partial charge in [0.25, 0.3) is 0 Å². The fraction of sp³-hybridized carbons (Fsp3) is 0.222. The highest BCUT2D eigenvalue weighted by molar-refractivity contribution is 7.80. The van der Waals surface area contributed by atoms with Gasteiger partial charge >= 0.3 is 0 Å². The lowest BCUT2D eigenvalue weighted by molar-refractivity contribution is 0.619. The molecule has 0 aliphatic rings. The van der Waals surface area contributed by atoms with Crippen LogP contribution in [0.5, 0.6) is 0 Å². The van der Waals surface area contributed by atoms with Gasteiger partial charge in [-0.1, -0.05) is 5.92 Å². The van der Waals surface area contributed by atoms with Gasteiger partial charge in [0, 0.05) is 0 Å². The smallest absolute Gasteiger partial charge is 0.141 e. The number of aryl methyl sites for hydroxylation is 1. The van der Waals surface area contributed by atoms with Gasteiger partial charge < -0.3 is 0 Å². The van der Waals surface area contributed by atoms with Crippen molar-refractivity contribution in [2.75, 3.05) is 5.75 Å². The fourth-order valence-electron chi connectivity index (χ4n) is 0.795. The normalized spacial score (nSPS) is 8.92. The number of hydrogen-bond acceptors (Lipinski definition) is 2. The van der Waals surface area contributed by atoms with Gasteiger partial charge in [0.1, 0.15) is 11.5 Å². The Hall–Kier alpha value is -1.01. The summed E-state index contributed by atoms with van der Waals surface area (Å²) in [5.74, 6) is 5.69. The van der Waals surface area contributed by atoms with Crippen LogP contribution in [0, 0.1) is 24.6 Å². The molecule has 0 N–H and O–H groups in total. The van der Waals surface area contributed by atoms with Crippen LogP contribution in [0.3, 0.4) is 0 Å². The van der Waals surface area contributed by atoms with E-state index in [2.05, 4.69) is 29.5 Å². The number of rotatable bonds is 0. The summed E-state index contributed by atoms with van der Waals surface area (Å²) < 4.78 is 12.5. The van der Waals surface area contributed by atoms with Gasteiger partial charge in [-0.05, 0) is 24.5 Å². The van der Waals surface area contributed by atoms with Gasteiger partial charge in [0.05, 0.1) is 11.9 Å². The van der Waals surface area contributed by atoms with Crippen LogP contribution >= 0.6 is 12.6 Å². The third kappa shape index (κ3) is 2.24. The highest BCUT2D eigenvalue weighted by Crippen LogP contribution is 2.04. The molecule has 1 heterocycles. The Balaban J connectivity index is 3.01. The Morgan fingerprint density at radius 1 is 1.67 bits per heavy atom. The van der Waals surface area contributed by atoms with Gasteiger partial charge in [-0.25, -0.2) is 9.37 Å². The first-order valence-electron chi connectivity index (χ1n) is 3.46. The maximum atomic E-state index is 12.5. The molecule has 0 amide bonds. The number of halogens is 1. The topological polar surface area (TPSA) is 12.9 Å². The maximum absolute atomic E-state index is 12.5. The van der Waals surface area contributed by atoms with Crippen molar-refractivity contribution in [3.8, 4) is 11.8 Å². The second-order valence-corrected chi connectivity index (χ2v) is 2.60. The van der Waals surface area contributed by atoms with Gasteiger partial charge in [-0.3, -0.25) is 0 Å². The molecule has 0 spiro atoms. The van der Waals surface area contributed by atoms with Gasteiger partial charge in [-0.15, -0.1) is 0 Å². The molecular weight excluding hydrogens is 173 g/mol. The van der Waals surface area contributed by atoms with E-state index in [0.717, 1.165) is 11.8 Å². The summed E-state index contributed by atoms with van der Waals surface area (Å²) in [5.41, 5.74) is 1.37. The van der Waals surface area contributed by atoms with Crippen LogP contribution < -0.4 is 0 Å². The minimum Gasteiger partial charge on any atom is -0.244 e. The SMILES string of the molecule is Cc1cc(F)cnc1C#CCS. The quantitative estimate of drug-likeness (QED) is 0.476. The lowest BCUT2D eigenvalue weighted by Crippen LogP contribution is -1.89. The van der Waals surface area contributed by atoms with E-state index >= 15 is 0 Å². The molecule has 0 aliphatic heterocycles. The molecule has 1 rings (SSSR count). The molecule has 1 nitrogen and oxygen atoms in total. The van der Waals surface area contributed by atoms with Crippen molar-refractivity contribution in [3.05, 3.63) is 29.3 Å². The lowest BCUT2D eigenvalue weighted by Gasteiger charge is -1.95. The molecular formula is C9H8FNS. The molecule has 0 saturated heterocycles. The zero-order valence-electron chi connectivity index (χ0n) is 6.63. The van der Waals surface area contributed by atoms with Crippen molar-refractivity contribution in [2.45, 2.75) is 6.92 Å². The third-order valence-corrected chi connectivity index (χ3v) is 1.49. The number of nitrogens with zero attached hydrogens (tertiary/aromatic N) is 1. The van der Waals surface area contributed by atoms with Gasteiger partial charge in [0.15, 0.2) is 0 Å². The predicted octanol–water partition coefficient (Wildman–Crippen LogP) is 1.81. The van der Waals surface area contributed by atoms with Crippen LogP contribution in [0.2, 0.25) is 0 Å². The molecule has 1 aromatic heterocycles. The predicted molar refractivity (Wildman–Crippen MR) is 49.7 cm³/mol.